The monoisotopic (exact) mass is 140 g/mol. The normalized spacial score (nSPS) is 12.0. The first-order valence-electron chi connectivity index (χ1n) is 3.36. The Labute approximate surface area is 61.2 Å². The highest BCUT2D eigenvalue weighted by atomic mass is 16.4. The molecule has 2 heteroatoms. The van der Waals surface area contributed by atoms with Crippen molar-refractivity contribution in [1.82, 2.24) is 0 Å². The quantitative estimate of drug-likeness (QED) is 0.601. The topological polar surface area (TPSA) is 37.3 Å². The van der Waals surface area contributed by atoms with E-state index in [9.17, 15) is 4.79 Å². The first-order chi connectivity index (χ1) is 4.70. The van der Waals surface area contributed by atoms with Crippen LogP contribution < -0.4 is 0 Å². The second-order valence-electron chi connectivity index (χ2n) is 2.28. The van der Waals surface area contributed by atoms with Crippen LogP contribution in [-0.4, -0.2) is 11.1 Å². The Morgan fingerprint density at radius 1 is 1.80 bits per heavy atom. The van der Waals surface area contributed by atoms with Crippen LogP contribution in [0.2, 0.25) is 0 Å². The van der Waals surface area contributed by atoms with Crippen molar-refractivity contribution in [3.63, 3.8) is 0 Å². The van der Waals surface area contributed by atoms with Gasteiger partial charge in [-0.25, -0.2) is 0 Å². The third-order valence-electron chi connectivity index (χ3n) is 1.45. The van der Waals surface area contributed by atoms with Crippen molar-refractivity contribution in [2.75, 3.05) is 0 Å². The molecule has 1 atom stereocenters. The highest BCUT2D eigenvalue weighted by molar-refractivity contribution is 5.67. The first kappa shape index (κ1) is 9.03. The molecule has 0 aromatic carbocycles. The van der Waals surface area contributed by atoms with E-state index in [0.717, 1.165) is 6.42 Å². The van der Waals surface area contributed by atoms with Crippen molar-refractivity contribution in [2.45, 2.75) is 26.2 Å². The largest absolute Gasteiger partial charge is 0.481 e. The highest BCUT2D eigenvalue weighted by Crippen LogP contribution is 2.11. The number of aliphatic carboxylic acids is 1. The molecule has 0 aliphatic rings. The van der Waals surface area contributed by atoms with Crippen molar-refractivity contribution in [3.8, 4) is 12.3 Å². The summed E-state index contributed by atoms with van der Waals surface area (Å²) in [6.45, 7) is 1.95. The summed E-state index contributed by atoms with van der Waals surface area (Å²) in [4.78, 5) is 10.2. The van der Waals surface area contributed by atoms with Gasteiger partial charge in [-0.3, -0.25) is 4.79 Å². The van der Waals surface area contributed by atoms with E-state index in [1.54, 1.807) is 0 Å². The minimum Gasteiger partial charge on any atom is -0.481 e. The average Bonchev–Trinajstić information content (AvgIpc) is 1.86. The van der Waals surface area contributed by atoms with Gasteiger partial charge in [0.2, 0.25) is 0 Å². The summed E-state index contributed by atoms with van der Waals surface area (Å²) in [5, 5.41) is 8.37. The van der Waals surface area contributed by atoms with E-state index in [-0.39, 0.29) is 12.3 Å². The molecule has 56 valence electrons. The fourth-order valence-electron chi connectivity index (χ4n) is 0.774. The molecule has 0 heterocycles. The number of hydrogen-bond acceptors (Lipinski definition) is 1. The molecule has 0 saturated heterocycles. The Hall–Kier alpha value is -0.970. The molecule has 0 spiro atoms. The molecule has 2 nitrogen and oxygen atoms in total. The minimum atomic E-state index is -0.762. The summed E-state index contributed by atoms with van der Waals surface area (Å²) < 4.78 is 0. The second kappa shape index (κ2) is 4.87. The number of carboxylic acid groups (broad SMARTS) is 1. The van der Waals surface area contributed by atoms with Gasteiger partial charge in [0.05, 0.1) is 0 Å². The summed E-state index contributed by atoms with van der Waals surface area (Å²) in [5.74, 6) is 1.85. The Balaban J connectivity index is 3.62. The molecular weight excluding hydrogens is 128 g/mol. The summed E-state index contributed by atoms with van der Waals surface area (Å²) in [7, 11) is 0. The van der Waals surface area contributed by atoms with E-state index < -0.39 is 5.97 Å². The van der Waals surface area contributed by atoms with Crippen LogP contribution >= 0.6 is 0 Å². The van der Waals surface area contributed by atoms with E-state index in [1.165, 1.54) is 0 Å². The predicted octanol–water partition coefficient (Wildman–Crippen LogP) is 1.51. The Bertz CT molecular complexity index is 144. The minimum absolute atomic E-state index is 0.155. The molecule has 10 heavy (non-hydrogen) atoms. The lowest BCUT2D eigenvalue weighted by molar-refractivity contribution is -0.138. The molecule has 0 saturated carbocycles. The van der Waals surface area contributed by atoms with Crippen molar-refractivity contribution in [1.29, 1.82) is 0 Å². The van der Waals surface area contributed by atoms with Gasteiger partial charge in [0.1, 0.15) is 0 Å². The van der Waals surface area contributed by atoms with Crippen molar-refractivity contribution < 1.29 is 9.90 Å². The molecule has 1 unspecified atom stereocenters. The third kappa shape index (κ3) is 3.96. The summed E-state index contributed by atoms with van der Waals surface area (Å²) in [6, 6.07) is 0. The van der Waals surface area contributed by atoms with E-state index >= 15 is 0 Å². The maximum absolute atomic E-state index is 10.2. The first-order valence-corrected chi connectivity index (χ1v) is 3.36. The lowest BCUT2D eigenvalue weighted by Crippen LogP contribution is -2.05. The van der Waals surface area contributed by atoms with Gasteiger partial charge in [-0.1, -0.05) is 13.3 Å². The Morgan fingerprint density at radius 3 is 2.70 bits per heavy atom. The summed E-state index contributed by atoms with van der Waals surface area (Å²) in [6.07, 6.45) is 6.65. The standard InChI is InChI=1S/C8H12O2/c1-3-5-7(4-2)6-8(9)10/h1,7H,4-6H2,2H3,(H,9,10). The fraction of sp³-hybridized carbons (Fsp3) is 0.625. The van der Waals surface area contributed by atoms with Gasteiger partial charge < -0.3 is 5.11 Å². The summed E-state index contributed by atoms with van der Waals surface area (Å²) in [5.41, 5.74) is 0. The SMILES string of the molecule is C#CCC(CC)CC(=O)O. The molecule has 0 aliphatic carbocycles. The van der Waals surface area contributed by atoms with E-state index in [1.807, 2.05) is 6.92 Å². The molecular formula is C8H12O2. The number of carbonyl (C=O) groups is 1. The maximum atomic E-state index is 10.2. The second-order valence-corrected chi connectivity index (χ2v) is 2.28. The van der Waals surface area contributed by atoms with Crippen molar-refractivity contribution in [2.24, 2.45) is 5.92 Å². The van der Waals surface area contributed by atoms with Crippen LogP contribution in [-0.2, 0) is 4.79 Å². The number of carboxylic acids is 1. The number of terminal acetylenes is 1. The highest BCUT2D eigenvalue weighted by Gasteiger charge is 2.08. The molecule has 0 aliphatic heterocycles. The third-order valence-corrected chi connectivity index (χ3v) is 1.45. The van der Waals surface area contributed by atoms with Crippen LogP contribution in [0, 0.1) is 18.3 Å². The van der Waals surface area contributed by atoms with Gasteiger partial charge in [-0.2, -0.15) is 0 Å². The molecule has 0 fully saturated rings. The average molecular weight is 140 g/mol. The lowest BCUT2D eigenvalue weighted by atomic mass is 9.99. The van der Waals surface area contributed by atoms with Gasteiger partial charge in [-0.15, -0.1) is 12.3 Å². The zero-order chi connectivity index (χ0) is 7.98. The van der Waals surface area contributed by atoms with Gasteiger partial charge in [0.15, 0.2) is 0 Å². The van der Waals surface area contributed by atoms with E-state index in [2.05, 4.69) is 5.92 Å². The van der Waals surface area contributed by atoms with Crippen molar-refractivity contribution in [3.05, 3.63) is 0 Å². The van der Waals surface area contributed by atoms with Gasteiger partial charge in [0.25, 0.3) is 0 Å². The molecule has 0 rings (SSSR count). The fourth-order valence-corrected chi connectivity index (χ4v) is 0.774. The van der Waals surface area contributed by atoms with Crippen LogP contribution in [0.25, 0.3) is 0 Å². The van der Waals surface area contributed by atoms with Crippen LogP contribution in [0.15, 0.2) is 0 Å². The van der Waals surface area contributed by atoms with Crippen LogP contribution in [0.4, 0.5) is 0 Å². The van der Waals surface area contributed by atoms with Crippen LogP contribution in [0.1, 0.15) is 26.2 Å². The van der Waals surface area contributed by atoms with Crippen LogP contribution in [0.5, 0.6) is 0 Å². The molecule has 0 amide bonds. The van der Waals surface area contributed by atoms with Crippen molar-refractivity contribution >= 4 is 5.97 Å². The molecule has 0 aromatic rings. The molecule has 0 bridgehead atoms. The Morgan fingerprint density at radius 2 is 2.40 bits per heavy atom. The van der Waals surface area contributed by atoms with Crippen LogP contribution in [0.3, 0.4) is 0 Å². The smallest absolute Gasteiger partial charge is 0.303 e. The van der Waals surface area contributed by atoms with E-state index in [0.29, 0.717) is 6.42 Å². The lowest BCUT2D eigenvalue weighted by Gasteiger charge is -2.06. The molecule has 0 radical (unpaired) electrons. The summed E-state index contributed by atoms with van der Waals surface area (Å²) >= 11 is 0. The number of hydrogen-bond donors (Lipinski definition) is 1. The molecule has 1 N–H and O–H groups in total. The van der Waals surface area contributed by atoms with E-state index in [4.69, 9.17) is 11.5 Å². The Kier molecular flexibility index (Phi) is 4.39. The predicted molar refractivity (Wildman–Crippen MR) is 39.5 cm³/mol. The van der Waals surface area contributed by atoms with Gasteiger partial charge in [0, 0.05) is 12.8 Å². The molecule has 0 aromatic heterocycles. The zero-order valence-electron chi connectivity index (χ0n) is 6.13. The zero-order valence-corrected chi connectivity index (χ0v) is 6.13. The van der Waals surface area contributed by atoms with Gasteiger partial charge in [-0.05, 0) is 5.92 Å². The van der Waals surface area contributed by atoms with Gasteiger partial charge >= 0.3 is 5.97 Å². The number of rotatable bonds is 4. The maximum Gasteiger partial charge on any atom is 0.303 e.